The maximum atomic E-state index is 13.6. The molecule has 0 aliphatic rings. The fraction of sp³-hybridized carbons (Fsp3) is 0.440. The number of para-hydroxylation sites is 1. The summed E-state index contributed by atoms with van der Waals surface area (Å²) in [7, 11) is -3.79. The van der Waals surface area contributed by atoms with Crippen molar-refractivity contribution in [1.29, 1.82) is 0 Å². The average molecular weight is 543 g/mol. The molecule has 1 N–H and O–H groups in total. The van der Waals surface area contributed by atoms with Crippen LogP contribution in [-0.4, -0.2) is 50.5 Å². The molecule has 0 aliphatic carbocycles. The fourth-order valence-electron chi connectivity index (χ4n) is 3.52. The molecule has 0 radical (unpaired) electrons. The van der Waals surface area contributed by atoms with E-state index in [4.69, 9.17) is 23.2 Å². The number of sulfonamides is 1. The number of rotatable bonds is 11. The van der Waals surface area contributed by atoms with E-state index in [1.807, 2.05) is 32.9 Å². The Morgan fingerprint density at radius 3 is 2.26 bits per heavy atom. The number of hydrogen-bond acceptors (Lipinski definition) is 4. The third-order valence-electron chi connectivity index (χ3n) is 5.51. The van der Waals surface area contributed by atoms with Crippen LogP contribution in [-0.2, 0) is 32.6 Å². The van der Waals surface area contributed by atoms with E-state index in [-0.39, 0.29) is 18.4 Å². The molecule has 0 saturated carbocycles. The number of carbonyl (C=O) groups excluding carboxylic acids is 2. The van der Waals surface area contributed by atoms with Gasteiger partial charge in [-0.25, -0.2) is 8.42 Å². The first-order chi connectivity index (χ1) is 16.3. The second-order valence-corrected chi connectivity index (χ2v) is 11.6. The van der Waals surface area contributed by atoms with E-state index in [9.17, 15) is 18.0 Å². The molecule has 0 heterocycles. The Hall–Kier alpha value is -2.29. The van der Waals surface area contributed by atoms with Crippen molar-refractivity contribution in [2.45, 2.75) is 46.7 Å². The number of aryl methyl sites for hydroxylation is 1. The highest BCUT2D eigenvalue weighted by atomic mass is 35.5. The van der Waals surface area contributed by atoms with Gasteiger partial charge in [-0.1, -0.05) is 68.2 Å². The predicted molar refractivity (Wildman–Crippen MR) is 142 cm³/mol. The third kappa shape index (κ3) is 8.12. The number of carbonyl (C=O) groups is 2. The van der Waals surface area contributed by atoms with Crippen molar-refractivity contribution in [3.05, 3.63) is 63.6 Å². The second kappa shape index (κ2) is 12.6. The Bertz CT molecular complexity index is 1160. The van der Waals surface area contributed by atoms with Gasteiger partial charge in [0.1, 0.15) is 12.6 Å². The Kier molecular flexibility index (Phi) is 10.4. The van der Waals surface area contributed by atoms with Crippen LogP contribution in [0.5, 0.6) is 0 Å². The average Bonchev–Trinajstić information content (AvgIpc) is 2.80. The zero-order chi connectivity index (χ0) is 26.3. The summed E-state index contributed by atoms with van der Waals surface area (Å²) >= 11 is 12.2. The number of anilines is 1. The molecule has 192 valence electrons. The first-order valence-electron chi connectivity index (χ1n) is 11.4. The van der Waals surface area contributed by atoms with Gasteiger partial charge in [0.25, 0.3) is 0 Å². The summed E-state index contributed by atoms with van der Waals surface area (Å²) < 4.78 is 26.5. The summed E-state index contributed by atoms with van der Waals surface area (Å²) in [6, 6.07) is 11.2. The molecular formula is C25H33Cl2N3O4S. The van der Waals surface area contributed by atoms with Crippen LogP contribution < -0.4 is 9.62 Å². The Morgan fingerprint density at radius 2 is 1.69 bits per heavy atom. The van der Waals surface area contributed by atoms with Gasteiger partial charge >= 0.3 is 0 Å². The first-order valence-corrected chi connectivity index (χ1v) is 14.0. The molecule has 0 saturated heterocycles. The van der Waals surface area contributed by atoms with Crippen molar-refractivity contribution >= 4 is 50.7 Å². The van der Waals surface area contributed by atoms with Crippen LogP contribution in [0.1, 0.15) is 38.8 Å². The standard InChI is InChI=1S/C25H33Cl2N3O4S/c1-6-20-9-7-8-10-23(20)30(35(5,33)34)16-24(31)29(18(4)25(32)28-14-17(2)3)15-19-11-12-21(26)22(27)13-19/h7-13,17-18H,6,14-16H2,1-5H3,(H,28,32). The molecule has 7 nitrogen and oxygen atoms in total. The normalized spacial score (nSPS) is 12.3. The summed E-state index contributed by atoms with van der Waals surface area (Å²) in [5, 5.41) is 3.54. The van der Waals surface area contributed by atoms with Gasteiger partial charge in [0.2, 0.25) is 21.8 Å². The second-order valence-electron chi connectivity index (χ2n) is 8.84. The number of hydrogen-bond donors (Lipinski definition) is 1. The number of nitrogens with one attached hydrogen (secondary N) is 1. The van der Waals surface area contributed by atoms with Gasteiger partial charge in [0.05, 0.1) is 22.0 Å². The van der Waals surface area contributed by atoms with Crippen molar-refractivity contribution in [1.82, 2.24) is 10.2 Å². The molecule has 2 amide bonds. The third-order valence-corrected chi connectivity index (χ3v) is 7.37. The number of benzene rings is 2. The highest BCUT2D eigenvalue weighted by Gasteiger charge is 2.30. The molecule has 2 aromatic carbocycles. The van der Waals surface area contributed by atoms with Gasteiger partial charge in [-0.05, 0) is 48.6 Å². The zero-order valence-electron chi connectivity index (χ0n) is 20.7. The molecule has 0 spiro atoms. The smallest absolute Gasteiger partial charge is 0.244 e. The monoisotopic (exact) mass is 541 g/mol. The predicted octanol–water partition coefficient (Wildman–Crippen LogP) is 4.51. The van der Waals surface area contributed by atoms with E-state index in [2.05, 4.69) is 5.32 Å². The molecule has 10 heteroatoms. The van der Waals surface area contributed by atoms with Crippen molar-refractivity contribution < 1.29 is 18.0 Å². The van der Waals surface area contributed by atoms with Gasteiger partial charge in [0.15, 0.2) is 0 Å². The lowest BCUT2D eigenvalue weighted by molar-refractivity contribution is -0.139. The van der Waals surface area contributed by atoms with E-state index in [1.54, 1.807) is 37.3 Å². The first kappa shape index (κ1) is 28.9. The maximum Gasteiger partial charge on any atom is 0.244 e. The maximum absolute atomic E-state index is 13.6. The van der Waals surface area contributed by atoms with Crippen molar-refractivity contribution in [2.75, 3.05) is 23.7 Å². The van der Waals surface area contributed by atoms with Gasteiger partial charge in [-0.15, -0.1) is 0 Å². The van der Waals surface area contributed by atoms with Crippen LogP contribution in [0.15, 0.2) is 42.5 Å². The van der Waals surface area contributed by atoms with E-state index in [1.165, 1.54) is 4.90 Å². The molecule has 0 bridgehead atoms. The van der Waals surface area contributed by atoms with Crippen molar-refractivity contribution in [3.63, 3.8) is 0 Å². The van der Waals surface area contributed by atoms with Gasteiger partial charge < -0.3 is 10.2 Å². The van der Waals surface area contributed by atoms with E-state index in [0.717, 1.165) is 16.1 Å². The molecule has 2 aromatic rings. The molecule has 0 aromatic heterocycles. The summed E-state index contributed by atoms with van der Waals surface area (Å²) in [5.74, 6) is -0.608. The number of amides is 2. The number of halogens is 2. The minimum absolute atomic E-state index is 0.0546. The lowest BCUT2D eigenvalue weighted by atomic mass is 10.1. The molecule has 35 heavy (non-hydrogen) atoms. The molecule has 2 rings (SSSR count). The van der Waals surface area contributed by atoms with E-state index >= 15 is 0 Å². The SMILES string of the molecule is CCc1ccccc1N(CC(=O)N(Cc1ccc(Cl)c(Cl)c1)C(C)C(=O)NCC(C)C)S(C)(=O)=O. The fourth-order valence-corrected chi connectivity index (χ4v) is 4.72. The summed E-state index contributed by atoms with van der Waals surface area (Å²) in [6.07, 6.45) is 1.66. The Morgan fingerprint density at radius 1 is 1.03 bits per heavy atom. The topological polar surface area (TPSA) is 86.8 Å². The quantitative estimate of drug-likeness (QED) is 0.453. The van der Waals surface area contributed by atoms with Gasteiger partial charge in [0, 0.05) is 13.1 Å². The summed E-state index contributed by atoms with van der Waals surface area (Å²) in [5.41, 5.74) is 1.90. The molecular weight excluding hydrogens is 509 g/mol. The van der Waals surface area contributed by atoms with Gasteiger partial charge in [-0.2, -0.15) is 0 Å². The Labute approximate surface area is 218 Å². The largest absolute Gasteiger partial charge is 0.354 e. The van der Waals surface area contributed by atoms with Crippen LogP contribution in [0.4, 0.5) is 5.69 Å². The lowest BCUT2D eigenvalue weighted by Crippen LogP contribution is -2.51. The van der Waals surface area contributed by atoms with Crippen LogP contribution in [0.3, 0.4) is 0 Å². The molecule has 1 atom stereocenters. The molecule has 0 aliphatic heterocycles. The lowest BCUT2D eigenvalue weighted by Gasteiger charge is -2.32. The van der Waals surface area contributed by atoms with Crippen LogP contribution in [0, 0.1) is 5.92 Å². The number of nitrogens with zero attached hydrogens (tertiary/aromatic N) is 2. The van der Waals surface area contributed by atoms with E-state index < -0.39 is 28.5 Å². The minimum atomic E-state index is -3.79. The minimum Gasteiger partial charge on any atom is -0.354 e. The molecule has 1 unspecified atom stereocenters. The van der Waals surface area contributed by atoms with Crippen molar-refractivity contribution in [3.8, 4) is 0 Å². The van der Waals surface area contributed by atoms with Gasteiger partial charge in [-0.3, -0.25) is 13.9 Å². The Balaban J connectivity index is 2.43. The van der Waals surface area contributed by atoms with Crippen LogP contribution in [0.2, 0.25) is 10.0 Å². The summed E-state index contributed by atoms with van der Waals surface area (Å²) in [6.45, 7) is 7.54. The van der Waals surface area contributed by atoms with E-state index in [0.29, 0.717) is 34.3 Å². The zero-order valence-corrected chi connectivity index (χ0v) is 23.0. The highest BCUT2D eigenvalue weighted by molar-refractivity contribution is 7.92. The molecule has 0 fully saturated rings. The van der Waals surface area contributed by atoms with Crippen LogP contribution >= 0.6 is 23.2 Å². The summed E-state index contributed by atoms with van der Waals surface area (Å²) in [4.78, 5) is 27.8. The van der Waals surface area contributed by atoms with Crippen molar-refractivity contribution in [2.24, 2.45) is 5.92 Å². The highest BCUT2D eigenvalue weighted by Crippen LogP contribution is 2.26. The van der Waals surface area contributed by atoms with Crippen LogP contribution in [0.25, 0.3) is 0 Å².